The van der Waals surface area contributed by atoms with Crippen molar-refractivity contribution in [3.63, 3.8) is 0 Å². The second kappa shape index (κ2) is 7.59. The highest BCUT2D eigenvalue weighted by Crippen LogP contribution is 2.28. The number of fused-ring (bicyclic) bond motifs is 1. The molecule has 1 fully saturated rings. The van der Waals surface area contributed by atoms with Gasteiger partial charge in [0.15, 0.2) is 17.0 Å². The van der Waals surface area contributed by atoms with Gasteiger partial charge in [-0.1, -0.05) is 0 Å². The smallest absolute Gasteiger partial charge is 0.407 e. The number of hydrogen-bond donors (Lipinski definition) is 3. The Bertz CT molecular complexity index is 1040. The molecule has 0 saturated carbocycles. The number of aliphatic hydroxyl groups excluding tert-OH is 1. The standard InChI is InChI=1S/C18H22N8O3/c1-3-25-16(11-5-19-10(2)20-6-11)24-14-15(21-9-22-17(14)25)23-12-4-13(8-27)26(7-12)18(28)29/h5-6,9,12-13,27H,3-4,7-8H2,1-2H3,(H,28,29)(H,21,22,23)/t12-,13+/m0/s1. The van der Waals surface area contributed by atoms with Gasteiger partial charge in [-0.25, -0.2) is 29.7 Å². The number of likely N-dealkylation sites (tertiary alicyclic amines) is 1. The van der Waals surface area contributed by atoms with Crippen LogP contribution < -0.4 is 5.32 Å². The van der Waals surface area contributed by atoms with E-state index < -0.39 is 12.1 Å². The maximum Gasteiger partial charge on any atom is 0.407 e. The van der Waals surface area contributed by atoms with E-state index in [0.717, 1.165) is 5.56 Å². The summed E-state index contributed by atoms with van der Waals surface area (Å²) in [6.45, 7) is 4.52. The van der Waals surface area contributed by atoms with Crippen LogP contribution in [0.4, 0.5) is 10.6 Å². The number of aromatic nitrogens is 6. The first-order valence-corrected chi connectivity index (χ1v) is 9.39. The Morgan fingerprint density at radius 2 is 2.03 bits per heavy atom. The molecule has 4 heterocycles. The third-order valence-corrected chi connectivity index (χ3v) is 5.10. The highest BCUT2D eigenvalue weighted by atomic mass is 16.4. The summed E-state index contributed by atoms with van der Waals surface area (Å²) in [7, 11) is 0. The number of carbonyl (C=O) groups is 1. The third kappa shape index (κ3) is 3.44. The van der Waals surface area contributed by atoms with Crippen molar-refractivity contribution in [2.45, 2.75) is 38.9 Å². The van der Waals surface area contributed by atoms with Crippen LogP contribution in [0.25, 0.3) is 22.6 Å². The lowest BCUT2D eigenvalue weighted by Gasteiger charge is -2.18. The Morgan fingerprint density at radius 1 is 1.28 bits per heavy atom. The molecule has 1 aliphatic heterocycles. The van der Waals surface area contributed by atoms with Gasteiger partial charge in [0, 0.05) is 31.5 Å². The predicted octanol–water partition coefficient (Wildman–Crippen LogP) is 1.14. The van der Waals surface area contributed by atoms with Crippen molar-refractivity contribution in [3.05, 3.63) is 24.5 Å². The zero-order valence-electron chi connectivity index (χ0n) is 16.1. The summed E-state index contributed by atoms with van der Waals surface area (Å²) in [5.74, 6) is 1.90. The number of nitrogens with one attached hydrogen (secondary N) is 1. The minimum atomic E-state index is -1.04. The van der Waals surface area contributed by atoms with Crippen LogP contribution >= 0.6 is 0 Å². The van der Waals surface area contributed by atoms with E-state index in [9.17, 15) is 15.0 Å². The van der Waals surface area contributed by atoms with Crippen molar-refractivity contribution < 1.29 is 15.0 Å². The SMILES string of the molecule is CCn1c(-c2cnc(C)nc2)nc2c(N[C@H]3C[C@H](CO)N(C(=O)O)C3)ncnc21. The number of amides is 1. The molecule has 1 amide bonds. The van der Waals surface area contributed by atoms with Crippen molar-refractivity contribution in [2.24, 2.45) is 0 Å². The molecule has 3 aromatic heterocycles. The quantitative estimate of drug-likeness (QED) is 0.576. The maximum atomic E-state index is 11.4. The van der Waals surface area contributed by atoms with Crippen LogP contribution in [0.5, 0.6) is 0 Å². The molecule has 29 heavy (non-hydrogen) atoms. The molecule has 3 aromatic rings. The minimum absolute atomic E-state index is 0.181. The van der Waals surface area contributed by atoms with Crippen molar-refractivity contribution in [1.29, 1.82) is 0 Å². The Balaban J connectivity index is 1.69. The van der Waals surface area contributed by atoms with Gasteiger partial charge in [0.2, 0.25) is 0 Å². The lowest BCUT2D eigenvalue weighted by atomic mass is 10.2. The first-order chi connectivity index (χ1) is 14.0. The van der Waals surface area contributed by atoms with Crippen molar-refractivity contribution in [1.82, 2.24) is 34.4 Å². The molecule has 1 aliphatic rings. The molecule has 3 N–H and O–H groups in total. The number of nitrogens with zero attached hydrogens (tertiary/aromatic N) is 7. The molecule has 2 atom stereocenters. The van der Waals surface area contributed by atoms with Gasteiger partial charge in [-0.2, -0.15) is 0 Å². The zero-order chi connectivity index (χ0) is 20.5. The van der Waals surface area contributed by atoms with Crippen LogP contribution in [-0.2, 0) is 6.54 Å². The Kier molecular flexibility index (Phi) is 4.97. The number of hydrogen-bond acceptors (Lipinski definition) is 8. The molecule has 152 valence electrons. The van der Waals surface area contributed by atoms with E-state index in [2.05, 4.69) is 25.3 Å². The summed E-state index contributed by atoms with van der Waals surface area (Å²) in [6, 6.07) is -0.616. The van der Waals surface area contributed by atoms with Gasteiger partial charge in [-0.15, -0.1) is 0 Å². The molecular weight excluding hydrogens is 376 g/mol. The Hall–Kier alpha value is -3.34. The fraction of sp³-hybridized carbons (Fsp3) is 0.444. The Morgan fingerprint density at radius 3 is 2.66 bits per heavy atom. The van der Waals surface area contributed by atoms with Gasteiger partial charge in [0.05, 0.1) is 18.2 Å². The average molecular weight is 398 g/mol. The molecule has 0 aromatic carbocycles. The minimum Gasteiger partial charge on any atom is -0.465 e. The van der Waals surface area contributed by atoms with Gasteiger partial charge >= 0.3 is 6.09 Å². The molecule has 0 spiro atoms. The van der Waals surface area contributed by atoms with Crippen molar-refractivity contribution in [3.8, 4) is 11.4 Å². The van der Waals surface area contributed by atoms with E-state index in [-0.39, 0.29) is 19.2 Å². The molecule has 0 aliphatic carbocycles. The van der Waals surface area contributed by atoms with E-state index in [4.69, 9.17) is 4.98 Å². The van der Waals surface area contributed by atoms with E-state index in [1.165, 1.54) is 11.2 Å². The van der Waals surface area contributed by atoms with Crippen LogP contribution in [0.3, 0.4) is 0 Å². The second-order valence-electron chi connectivity index (χ2n) is 6.94. The maximum absolute atomic E-state index is 11.4. The number of carboxylic acid groups (broad SMARTS) is 1. The summed E-state index contributed by atoms with van der Waals surface area (Å²) >= 11 is 0. The fourth-order valence-electron chi connectivity index (χ4n) is 3.69. The van der Waals surface area contributed by atoms with Gasteiger partial charge in [0.1, 0.15) is 18.0 Å². The highest BCUT2D eigenvalue weighted by molar-refractivity contribution is 5.86. The monoisotopic (exact) mass is 398 g/mol. The highest BCUT2D eigenvalue weighted by Gasteiger charge is 2.35. The van der Waals surface area contributed by atoms with Crippen molar-refractivity contribution >= 4 is 23.1 Å². The summed E-state index contributed by atoms with van der Waals surface area (Å²) < 4.78 is 1.96. The van der Waals surface area contributed by atoms with E-state index in [1.807, 2.05) is 18.4 Å². The lowest BCUT2D eigenvalue weighted by molar-refractivity contribution is 0.118. The van der Waals surface area contributed by atoms with Crippen LogP contribution in [-0.4, -0.2) is 75.9 Å². The number of anilines is 1. The van der Waals surface area contributed by atoms with E-state index >= 15 is 0 Å². The summed E-state index contributed by atoms with van der Waals surface area (Å²) in [6.07, 6.45) is 4.36. The average Bonchev–Trinajstić information content (AvgIpc) is 3.30. The van der Waals surface area contributed by atoms with Gasteiger partial charge in [-0.3, -0.25) is 0 Å². The zero-order valence-corrected chi connectivity index (χ0v) is 16.1. The largest absolute Gasteiger partial charge is 0.465 e. The molecule has 1 saturated heterocycles. The predicted molar refractivity (Wildman–Crippen MR) is 104 cm³/mol. The van der Waals surface area contributed by atoms with Crippen LogP contribution in [0, 0.1) is 6.92 Å². The van der Waals surface area contributed by atoms with Crippen LogP contribution in [0.15, 0.2) is 18.7 Å². The fourth-order valence-corrected chi connectivity index (χ4v) is 3.69. The lowest BCUT2D eigenvalue weighted by Crippen LogP contribution is -2.37. The molecule has 0 unspecified atom stereocenters. The number of imidazole rings is 1. The van der Waals surface area contributed by atoms with E-state index in [0.29, 0.717) is 41.6 Å². The third-order valence-electron chi connectivity index (χ3n) is 5.10. The summed E-state index contributed by atoms with van der Waals surface area (Å²) in [5, 5.41) is 22.1. The normalized spacial score (nSPS) is 19.1. The number of aryl methyl sites for hydroxylation is 2. The Labute approximate surface area is 166 Å². The first kappa shape index (κ1) is 19.0. The van der Waals surface area contributed by atoms with Gasteiger partial charge in [0.25, 0.3) is 0 Å². The molecule has 0 bridgehead atoms. The van der Waals surface area contributed by atoms with Crippen molar-refractivity contribution in [2.75, 3.05) is 18.5 Å². The summed E-state index contributed by atoms with van der Waals surface area (Å²) in [5.41, 5.74) is 2.05. The molecular formula is C18H22N8O3. The van der Waals surface area contributed by atoms with Crippen LogP contribution in [0.2, 0.25) is 0 Å². The van der Waals surface area contributed by atoms with Gasteiger partial charge in [-0.05, 0) is 20.3 Å². The molecule has 0 radical (unpaired) electrons. The van der Waals surface area contributed by atoms with Crippen LogP contribution in [0.1, 0.15) is 19.2 Å². The molecule has 11 heteroatoms. The first-order valence-electron chi connectivity index (χ1n) is 9.39. The second-order valence-corrected chi connectivity index (χ2v) is 6.94. The van der Waals surface area contributed by atoms with E-state index in [1.54, 1.807) is 12.4 Å². The number of rotatable bonds is 5. The number of aliphatic hydroxyl groups is 1. The van der Waals surface area contributed by atoms with Gasteiger partial charge < -0.3 is 25.0 Å². The topological polar surface area (TPSA) is 142 Å². The molecule has 11 nitrogen and oxygen atoms in total. The molecule has 4 rings (SSSR count). The summed E-state index contributed by atoms with van der Waals surface area (Å²) in [4.78, 5) is 34.6.